The van der Waals surface area contributed by atoms with E-state index in [0.717, 1.165) is 25.7 Å². The highest BCUT2D eigenvalue weighted by Crippen LogP contribution is 2.65. The highest BCUT2D eigenvalue weighted by atomic mass is 16.6. The van der Waals surface area contributed by atoms with Crippen molar-refractivity contribution in [3.8, 4) is 0 Å². The van der Waals surface area contributed by atoms with E-state index >= 15 is 0 Å². The van der Waals surface area contributed by atoms with Crippen LogP contribution in [-0.4, -0.2) is 82.3 Å². The number of aliphatic hydroxyl groups excluding tert-OH is 1. The van der Waals surface area contributed by atoms with E-state index in [1.54, 1.807) is 11.0 Å². The van der Waals surface area contributed by atoms with Crippen molar-refractivity contribution in [2.45, 2.75) is 89.5 Å². The zero-order valence-electron chi connectivity index (χ0n) is 22.4. The van der Waals surface area contributed by atoms with Crippen LogP contribution in [0.15, 0.2) is 25.3 Å². The summed E-state index contributed by atoms with van der Waals surface area (Å²) >= 11 is 0. The smallest absolute Gasteiger partial charge is 0.312 e. The second-order valence-corrected chi connectivity index (χ2v) is 10.8. The maximum absolute atomic E-state index is 14.2. The molecule has 3 aliphatic rings. The van der Waals surface area contributed by atoms with Gasteiger partial charge in [0.15, 0.2) is 0 Å². The molecule has 8 nitrogen and oxygen atoms in total. The van der Waals surface area contributed by atoms with Crippen molar-refractivity contribution in [1.29, 1.82) is 0 Å². The summed E-state index contributed by atoms with van der Waals surface area (Å²) in [6.45, 7) is 15.8. The minimum Gasteiger partial charge on any atom is -0.465 e. The van der Waals surface area contributed by atoms with Crippen LogP contribution in [0.25, 0.3) is 0 Å². The molecule has 4 unspecified atom stereocenters. The monoisotopic (exact) mass is 504 g/mol. The zero-order valence-corrected chi connectivity index (χ0v) is 22.4. The van der Waals surface area contributed by atoms with Gasteiger partial charge in [-0.25, -0.2) is 0 Å². The third-order valence-electron chi connectivity index (χ3n) is 8.54. The fourth-order valence-electron chi connectivity index (χ4n) is 6.73. The van der Waals surface area contributed by atoms with Crippen LogP contribution in [0.5, 0.6) is 0 Å². The Morgan fingerprint density at radius 2 is 2.06 bits per heavy atom. The van der Waals surface area contributed by atoms with Crippen molar-refractivity contribution in [2.24, 2.45) is 17.8 Å². The molecule has 0 aromatic heterocycles. The quantitative estimate of drug-likeness (QED) is 0.222. The Morgan fingerprint density at radius 3 is 2.67 bits per heavy atom. The van der Waals surface area contributed by atoms with Crippen LogP contribution >= 0.6 is 0 Å². The average molecular weight is 505 g/mol. The highest BCUT2D eigenvalue weighted by molar-refractivity contribution is 5.98. The third-order valence-corrected chi connectivity index (χ3v) is 8.54. The molecule has 2 bridgehead atoms. The topological polar surface area (TPSA) is 96.4 Å². The van der Waals surface area contributed by atoms with Gasteiger partial charge in [0.1, 0.15) is 17.6 Å². The van der Waals surface area contributed by atoms with E-state index in [1.165, 1.54) is 4.90 Å². The van der Waals surface area contributed by atoms with Gasteiger partial charge in [0.25, 0.3) is 0 Å². The Labute approximate surface area is 215 Å². The second kappa shape index (κ2) is 11.5. The molecule has 36 heavy (non-hydrogen) atoms. The van der Waals surface area contributed by atoms with Crippen molar-refractivity contribution in [3.63, 3.8) is 0 Å². The number of likely N-dealkylation sites (tertiary alicyclic amines) is 1. The number of esters is 1. The molecule has 3 saturated heterocycles. The molecular formula is C28H44N2O6. The maximum atomic E-state index is 14.2. The Balaban J connectivity index is 1.97. The number of carbonyl (C=O) groups is 3. The molecule has 7 atom stereocenters. The fraction of sp³-hybridized carbons (Fsp3) is 0.750. The van der Waals surface area contributed by atoms with Crippen molar-refractivity contribution in [2.75, 3.05) is 26.3 Å². The van der Waals surface area contributed by atoms with Crippen molar-refractivity contribution in [1.82, 2.24) is 9.80 Å². The van der Waals surface area contributed by atoms with Gasteiger partial charge >= 0.3 is 5.97 Å². The van der Waals surface area contributed by atoms with Crippen LogP contribution in [0, 0.1) is 17.8 Å². The molecule has 0 saturated carbocycles. The summed E-state index contributed by atoms with van der Waals surface area (Å²) in [6.07, 6.45) is 8.17. The van der Waals surface area contributed by atoms with Gasteiger partial charge in [-0.15, -0.1) is 13.2 Å². The number of nitrogens with zero attached hydrogens (tertiary/aromatic N) is 2. The Bertz CT molecular complexity index is 861. The van der Waals surface area contributed by atoms with Gasteiger partial charge in [0, 0.05) is 19.1 Å². The van der Waals surface area contributed by atoms with Crippen LogP contribution < -0.4 is 0 Å². The molecule has 3 rings (SSSR count). The summed E-state index contributed by atoms with van der Waals surface area (Å²) in [7, 11) is 0. The van der Waals surface area contributed by atoms with E-state index in [2.05, 4.69) is 20.1 Å². The number of β-amino-alcohol motifs (C(OH)–C–C–N with tert-alkyl or cyclic N) is 1. The SMILES string of the molecule is C=CCCCCOC(=O)[C@H]1[C@H]2C(=O)N(CCO)C(C(=O)N(CC=C)C(C)CCC)C23CC(C)[C@]1(C)O3. The van der Waals surface area contributed by atoms with Gasteiger partial charge in [-0.05, 0) is 51.9 Å². The lowest BCUT2D eigenvalue weighted by atomic mass is 9.62. The summed E-state index contributed by atoms with van der Waals surface area (Å²) in [5, 5.41) is 9.80. The largest absolute Gasteiger partial charge is 0.465 e. The summed E-state index contributed by atoms with van der Waals surface area (Å²) < 4.78 is 12.3. The average Bonchev–Trinajstić information content (AvgIpc) is 3.34. The van der Waals surface area contributed by atoms with Gasteiger partial charge in [-0.1, -0.05) is 32.4 Å². The van der Waals surface area contributed by atoms with Crippen LogP contribution in [-0.2, 0) is 23.9 Å². The van der Waals surface area contributed by atoms with Crippen molar-refractivity contribution < 1.29 is 29.0 Å². The first-order valence-electron chi connectivity index (χ1n) is 13.4. The first-order valence-corrected chi connectivity index (χ1v) is 13.4. The normalized spacial score (nSPS) is 33.4. The summed E-state index contributed by atoms with van der Waals surface area (Å²) in [4.78, 5) is 44.6. The number of unbranched alkanes of at least 4 members (excludes halogenated alkanes) is 2. The number of aliphatic hydroxyl groups is 1. The number of fused-ring (bicyclic) bond motifs is 1. The first kappa shape index (κ1) is 28.4. The molecule has 1 spiro atoms. The molecule has 0 radical (unpaired) electrons. The van der Waals surface area contributed by atoms with E-state index in [4.69, 9.17) is 9.47 Å². The van der Waals surface area contributed by atoms with Crippen LogP contribution in [0.1, 0.15) is 66.2 Å². The molecule has 0 aromatic carbocycles. The minimum absolute atomic E-state index is 0.00928. The molecule has 3 aliphatic heterocycles. The maximum Gasteiger partial charge on any atom is 0.312 e. The molecule has 3 fully saturated rings. The van der Waals surface area contributed by atoms with Gasteiger partial charge < -0.3 is 24.4 Å². The summed E-state index contributed by atoms with van der Waals surface area (Å²) in [6, 6.07) is -0.957. The van der Waals surface area contributed by atoms with Crippen LogP contribution in [0.3, 0.4) is 0 Å². The molecule has 3 heterocycles. The lowest BCUT2D eigenvalue weighted by molar-refractivity contribution is -0.162. The van der Waals surface area contributed by atoms with Crippen LogP contribution in [0.2, 0.25) is 0 Å². The van der Waals surface area contributed by atoms with E-state index in [9.17, 15) is 19.5 Å². The highest BCUT2D eigenvalue weighted by Gasteiger charge is 2.80. The molecule has 8 heteroatoms. The summed E-state index contributed by atoms with van der Waals surface area (Å²) in [5.74, 6) is -2.63. The minimum atomic E-state index is -1.13. The summed E-state index contributed by atoms with van der Waals surface area (Å²) in [5.41, 5.74) is -2.03. The zero-order chi connectivity index (χ0) is 26.7. The lowest BCUT2D eigenvalue weighted by Crippen LogP contribution is -2.58. The van der Waals surface area contributed by atoms with E-state index in [1.807, 2.05) is 26.8 Å². The molecule has 0 aliphatic carbocycles. The van der Waals surface area contributed by atoms with Crippen LogP contribution in [0.4, 0.5) is 0 Å². The number of carbonyl (C=O) groups excluding carboxylic acids is 3. The number of allylic oxidation sites excluding steroid dienone is 1. The molecule has 202 valence electrons. The Morgan fingerprint density at radius 1 is 1.33 bits per heavy atom. The molecule has 1 N–H and O–H groups in total. The van der Waals surface area contributed by atoms with E-state index < -0.39 is 35.0 Å². The molecule has 0 aromatic rings. The van der Waals surface area contributed by atoms with Gasteiger partial charge in [-0.3, -0.25) is 14.4 Å². The van der Waals surface area contributed by atoms with Gasteiger partial charge in [0.05, 0.1) is 24.7 Å². The number of hydrogen-bond acceptors (Lipinski definition) is 6. The number of rotatable bonds is 14. The number of amides is 2. The Hall–Kier alpha value is -2.19. The van der Waals surface area contributed by atoms with Crippen molar-refractivity contribution >= 4 is 17.8 Å². The number of ether oxygens (including phenoxy) is 2. The Kier molecular flexibility index (Phi) is 9.04. The van der Waals surface area contributed by atoms with E-state index in [-0.39, 0.29) is 43.5 Å². The van der Waals surface area contributed by atoms with Crippen molar-refractivity contribution in [3.05, 3.63) is 25.3 Å². The lowest BCUT2D eigenvalue weighted by Gasteiger charge is -2.39. The third kappa shape index (κ3) is 4.62. The number of hydrogen-bond donors (Lipinski definition) is 1. The first-order chi connectivity index (χ1) is 17.1. The van der Waals surface area contributed by atoms with E-state index in [0.29, 0.717) is 19.4 Å². The molecule has 2 amide bonds. The fourth-order valence-corrected chi connectivity index (χ4v) is 6.73. The predicted molar refractivity (Wildman–Crippen MR) is 137 cm³/mol. The second-order valence-electron chi connectivity index (χ2n) is 10.8. The molecular weight excluding hydrogens is 460 g/mol. The predicted octanol–water partition coefficient (Wildman–Crippen LogP) is 3.09. The van der Waals surface area contributed by atoms with Gasteiger partial charge in [0.2, 0.25) is 11.8 Å². The van der Waals surface area contributed by atoms with Gasteiger partial charge in [-0.2, -0.15) is 0 Å². The standard InChI is InChI=1S/C28H44N2O6/c1-7-10-11-12-17-35-26(34)22-21-24(32)30(15-16-31)23(28(21)18-19(4)27(22,6)36-28)25(33)29(14-9-3)20(5)13-8-2/h7,9,19-23,31H,1,3,8,10-18H2,2,4-6H3/t19?,20?,21-,22+,23?,27-,28?/m0/s1.